The Kier molecular flexibility index (Phi) is 9.02. The average Bonchev–Trinajstić information content (AvgIpc) is 3.64. The van der Waals surface area contributed by atoms with Crippen molar-refractivity contribution in [1.29, 1.82) is 0 Å². The van der Waals surface area contributed by atoms with Crippen molar-refractivity contribution in [2.75, 3.05) is 24.6 Å². The summed E-state index contributed by atoms with van der Waals surface area (Å²) in [5.41, 5.74) is 6.31. The first-order valence-corrected chi connectivity index (χ1v) is 19.5. The van der Waals surface area contributed by atoms with Gasteiger partial charge in [-0.3, -0.25) is 34.4 Å². The zero-order valence-electron chi connectivity index (χ0n) is 32.0. The number of carbonyl (C=O) groups excluding carboxylic acids is 4. The molecule has 6 aromatic rings. The van der Waals surface area contributed by atoms with Crippen LogP contribution in [0.4, 0.5) is 5.69 Å². The normalized spacial score (nSPS) is 20.2. The number of carbonyl (C=O) groups is 4. The second-order valence-corrected chi connectivity index (χ2v) is 15.2. The minimum atomic E-state index is -0.993. The molecule has 2 saturated heterocycles. The summed E-state index contributed by atoms with van der Waals surface area (Å²) < 4.78 is 20.3. The number of benzene rings is 2. The van der Waals surface area contributed by atoms with Gasteiger partial charge in [-0.1, -0.05) is 18.1 Å². The molecule has 1 saturated carbocycles. The number of nitrogens with one attached hydrogen (secondary N) is 1. The van der Waals surface area contributed by atoms with Crippen LogP contribution in [0, 0.1) is 11.8 Å². The van der Waals surface area contributed by atoms with Gasteiger partial charge in [0.25, 0.3) is 11.8 Å². The maximum Gasteiger partial charge on any atom is 0.262 e. The van der Waals surface area contributed by atoms with E-state index in [0.717, 1.165) is 51.0 Å². The molecule has 294 valence electrons. The Labute approximate surface area is 338 Å². The van der Waals surface area contributed by atoms with Gasteiger partial charge in [-0.15, -0.1) is 0 Å². The van der Waals surface area contributed by atoms with E-state index in [-0.39, 0.29) is 48.9 Å². The summed E-state index contributed by atoms with van der Waals surface area (Å²) in [5.74, 6) is 5.23. The molecule has 59 heavy (non-hydrogen) atoms. The zero-order valence-corrected chi connectivity index (χ0v) is 32.0. The molecule has 1 aliphatic carbocycles. The molecule has 4 amide bonds. The van der Waals surface area contributed by atoms with Crippen LogP contribution in [0.3, 0.4) is 0 Å². The van der Waals surface area contributed by atoms with E-state index < -0.39 is 29.7 Å². The van der Waals surface area contributed by atoms with E-state index in [4.69, 9.17) is 14.2 Å². The van der Waals surface area contributed by atoms with Crippen LogP contribution < -0.4 is 19.7 Å². The number of imide groups is 2. The summed E-state index contributed by atoms with van der Waals surface area (Å²) in [5, 5.41) is 4.54. The molecule has 14 nitrogen and oxygen atoms in total. The lowest BCUT2D eigenvalue weighted by molar-refractivity contribution is -0.136. The first-order valence-electron chi connectivity index (χ1n) is 19.5. The van der Waals surface area contributed by atoms with Crippen molar-refractivity contribution < 1.29 is 33.4 Å². The SMILES string of the molecule is Cn1c2ccncc2c2ccc(-c3ccc(O[C@H]4C[C@H](Oc5ccc(C#CCOC6CN(c7ccc8c(c7)C(=O)N(C7CCC(=O)NC7=O)C8=O)C6)nc5)C4)nc3)cc21. The number of fused-ring (bicyclic) bond motifs is 4. The second kappa shape index (κ2) is 14.7. The first-order chi connectivity index (χ1) is 28.8. The molecular formula is C45H37N7O7. The number of aromatic nitrogens is 4. The van der Waals surface area contributed by atoms with Gasteiger partial charge in [0.15, 0.2) is 0 Å². The Bertz CT molecular complexity index is 2740. The molecular weight excluding hydrogens is 751 g/mol. The molecule has 4 aromatic heterocycles. The number of nitrogens with zero attached hydrogens (tertiary/aromatic N) is 6. The van der Waals surface area contributed by atoms with E-state index in [1.54, 1.807) is 24.4 Å². The van der Waals surface area contributed by atoms with Crippen molar-refractivity contribution in [3.8, 4) is 34.6 Å². The number of ether oxygens (including phenoxy) is 3. The van der Waals surface area contributed by atoms with E-state index in [0.29, 0.717) is 30.4 Å². The van der Waals surface area contributed by atoms with Crippen LogP contribution in [0.25, 0.3) is 32.9 Å². The topological polar surface area (TPSA) is 158 Å². The van der Waals surface area contributed by atoms with Crippen LogP contribution in [0.5, 0.6) is 11.6 Å². The van der Waals surface area contributed by atoms with Gasteiger partial charge in [-0.25, -0.2) is 9.97 Å². The van der Waals surface area contributed by atoms with Gasteiger partial charge < -0.3 is 23.7 Å². The number of amides is 4. The minimum Gasteiger partial charge on any atom is -0.489 e. The van der Waals surface area contributed by atoms with Crippen LogP contribution in [0.15, 0.2) is 91.5 Å². The average molecular weight is 788 g/mol. The lowest BCUT2D eigenvalue weighted by Gasteiger charge is -2.40. The Morgan fingerprint density at radius 3 is 2.41 bits per heavy atom. The number of aryl methyl sites for hydroxylation is 1. The maximum atomic E-state index is 13.2. The lowest BCUT2D eigenvalue weighted by Crippen LogP contribution is -2.54. The Morgan fingerprint density at radius 1 is 0.780 bits per heavy atom. The van der Waals surface area contributed by atoms with E-state index in [9.17, 15) is 19.2 Å². The van der Waals surface area contributed by atoms with Gasteiger partial charge in [0, 0.05) is 91.6 Å². The fourth-order valence-electron chi connectivity index (χ4n) is 8.15. The van der Waals surface area contributed by atoms with E-state index in [2.05, 4.69) is 61.9 Å². The molecule has 3 fully saturated rings. The van der Waals surface area contributed by atoms with Crippen LogP contribution in [-0.4, -0.2) is 92.1 Å². The van der Waals surface area contributed by atoms with E-state index in [1.165, 1.54) is 5.39 Å². The number of hydrogen-bond donors (Lipinski definition) is 1. The molecule has 0 spiro atoms. The Balaban J connectivity index is 0.653. The van der Waals surface area contributed by atoms with Gasteiger partial charge in [0.1, 0.15) is 36.3 Å². The highest BCUT2D eigenvalue weighted by atomic mass is 16.5. The van der Waals surface area contributed by atoms with Gasteiger partial charge in [0.2, 0.25) is 17.7 Å². The van der Waals surface area contributed by atoms with Crippen LogP contribution in [0.2, 0.25) is 0 Å². The summed E-state index contributed by atoms with van der Waals surface area (Å²) >= 11 is 0. The summed E-state index contributed by atoms with van der Waals surface area (Å²) in [6, 6.07) is 20.2. The molecule has 0 radical (unpaired) electrons. The second-order valence-electron chi connectivity index (χ2n) is 15.2. The minimum absolute atomic E-state index is 0.0288. The molecule has 3 aliphatic heterocycles. The highest BCUT2D eigenvalue weighted by molar-refractivity contribution is 6.23. The number of rotatable bonds is 9. The molecule has 1 N–H and O–H groups in total. The standard InChI is InChI=1S/C45H37N7O7/c1-50-38-14-15-46-23-37(38)34-9-4-26(17-40(34)50)27-5-13-42(48-21-27)59-32-19-31(20-32)58-30-8-6-28(47-22-30)3-2-16-57-33-24-51(25-33)29-7-10-35-36(18-29)45(56)52(44(35)55)39-11-12-41(53)49-43(39)54/h4-10,13-15,17-18,21-23,31-33,39H,11-12,16,19-20,24-25H2,1H3,(H,49,53,54)/t31-,32-,39?. The molecule has 4 aliphatic rings. The fraction of sp³-hybridized carbons (Fsp3) is 0.267. The quantitative estimate of drug-likeness (QED) is 0.158. The van der Waals surface area contributed by atoms with Crippen molar-refractivity contribution in [1.82, 2.24) is 29.7 Å². The smallest absolute Gasteiger partial charge is 0.262 e. The van der Waals surface area contributed by atoms with E-state index in [1.807, 2.05) is 53.8 Å². The number of anilines is 1. The third kappa shape index (κ3) is 6.79. The van der Waals surface area contributed by atoms with Gasteiger partial charge in [-0.05, 0) is 66.4 Å². The van der Waals surface area contributed by atoms with Crippen LogP contribution in [0.1, 0.15) is 52.1 Å². The van der Waals surface area contributed by atoms with Crippen molar-refractivity contribution in [3.63, 3.8) is 0 Å². The third-order valence-corrected chi connectivity index (χ3v) is 11.5. The fourth-order valence-corrected chi connectivity index (χ4v) is 8.15. The lowest BCUT2D eigenvalue weighted by atomic mass is 9.92. The summed E-state index contributed by atoms with van der Waals surface area (Å²) in [4.78, 5) is 66.4. The van der Waals surface area contributed by atoms with Crippen LogP contribution in [-0.2, 0) is 21.4 Å². The Morgan fingerprint density at radius 2 is 1.61 bits per heavy atom. The van der Waals surface area contributed by atoms with Crippen LogP contribution >= 0.6 is 0 Å². The van der Waals surface area contributed by atoms with Gasteiger partial charge >= 0.3 is 0 Å². The highest BCUT2D eigenvalue weighted by Gasteiger charge is 2.45. The monoisotopic (exact) mass is 787 g/mol. The number of piperidine rings is 1. The van der Waals surface area contributed by atoms with Gasteiger partial charge in [-0.2, -0.15) is 0 Å². The summed E-state index contributed by atoms with van der Waals surface area (Å²) in [6.45, 7) is 1.43. The maximum absolute atomic E-state index is 13.2. The number of pyridine rings is 3. The first kappa shape index (κ1) is 36.2. The van der Waals surface area contributed by atoms with Crippen molar-refractivity contribution in [2.45, 2.75) is 50.0 Å². The van der Waals surface area contributed by atoms with Crippen molar-refractivity contribution in [2.24, 2.45) is 7.05 Å². The molecule has 0 bridgehead atoms. The zero-order chi connectivity index (χ0) is 40.2. The predicted molar refractivity (Wildman–Crippen MR) is 216 cm³/mol. The Hall–Kier alpha value is -7.11. The molecule has 7 heterocycles. The van der Waals surface area contributed by atoms with E-state index >= 15 is 0 Å². The highest BCUT2D eigenvalue weighted by Crippen LogP contribution is 2.34. The molecule has 1 unspecified atom stereocenters. The summed E-state index contributed by atoms with van der Waals surface area (Å²) in [6.07, 6.45) is 8.97. The largest absolute Gasteiger partial charge is 0.489 e. The predicted octanol–water partition coefficient (Wildman–Crippen LogP) is 4.83. The molecule has 2 aromatic carbocycles. The van der Waals surface area contributed by atoms with Gasteiger partial charge in [0.05, 0.1) is 28.9 Å². The molecule has 14 heteroatoms. The molecule has 1 atom stereocenters. The van der Waals surface area contributed by atoms with Crippen molar-refractivity contribution in [3.05, 3.63) is 108 Å². The molecule has 10 rings (SSSR count). The van der Waals surface area contributed by atoms with Crippen molar-refractivity contribution >= 4 is 51.1 Å². The summed E-state index contributed by atoms with van der Waals surface area (Å²) in [7, 11) is 2.07. The number of hydrogen-bond acceptors (Lipinski definition) is 11. The third-order valence-electron chi connectivity index (χ3n) is 11.5.